The average molecular weight is 434 g/mol. The molecule has 4 aromatic rings. The van der Waals surface area contributed by atoms with E-state index in [4.69, 9.17) is 20.8 Å². The molecule has 5 nitrogen and oxygen atoms in total. The molecule has 3 aromatic carbocycles. The Kier molecular flexibility index (Phi) is 5.78. The molecule has 0 fully saturated rings. The predicted molar refractivity (Wildman–Crippen MR) is 122 cm³/mol. The van der Waals surface area contributed by atoms with Gasteiger partial charge in [-0.05, 0) is 55.8 Å². The number of nitrogens with one attached hydrogen (secondary N) is 1. The SMILES string of the molecule is Cc1oc2c(C(=O)Nc3ccc(Cl)cc3)c(OCc3ccccc3)ccc2c(=O)c1C. The van der Waals surface area contributed by atoms with Crippen LogP contribution in [0.4, 0.5) is 5.69 Å². The number of halogens is 1. The van der Waals surface area contributed by atoms with Crippen LogP contribution in [-0.4, -0.2) is 5.91 Å². The highest BCUT2D eigenvalue weighted by Gasteiger charge is 2.22. The van der Waals surface area contributed by atoms with Gasteiger partial charge in [0.2, 0.25) is 0 Å². The summed E-state index contributed by atoms with van der Waals surface area (Å²) in [5.74, 6) is 0.342. The van der Waals surface area contributed by atoms with Gasteiger partial charge in [-0.25, -0.2) is 0 Å². The summed E-state index contributed by atoms with van der Waals surface area (Å²) >= 11 is 5.94. The minimum atomic E-state index is -0.442. The molecule has 4 rings (SSSR count). The van der Waals surface area contributed by atoms with Gasteiger partial charge in [0, 0.05) is 16.3 Å². The van der Waals surface area contributed by atoms with E-state index in [0.29, 0.717) is 33.2 Å². The first-order valence-corrected chi connectivity index (χ1v) is 10.1. The van der Waals surface area contributed by atoms with Gasteiger partial charge < -0.3 is 14.5 Å². The Balaban J connectivity index is 1.80. The molecule has 156 valence electrons. The van der Waals surface area contributed by atoms with Crippen molar-refractivity contribution < 1.29 is 13.9 Å². The number of rotatable bonds is 5. The van der Waals surface area contributed by atoms with E-state index in [-0.39, 0.29) is 23.2 Å². The van der Waals surface area contributed by atoms with Gasteiger partial charge in [0.1, 0.15) is 23.7 Å². The lowest BCUT2D eigenvalue weighted by Gasteiger charge is -2.14. The van der Waals surface area contributed by atoms with E-state index in [1.54, 1.807) is 50.2 Å². The van der Waals surface area contributed by atoms with Crippen LogP contribution in [0.3, 0.4) is 0 Å². The fourth-order valence-electron chi connectivity index (χ4n) is 3.24. The molecule has 1 N–H and O–H groups in total. The number of carbonyl (C=O) groups excluding carboxylic acids is 1. The number of benzene rings is 3. The summed E-state index contributed by atoms with van der Waals surface area (Å²) in [5.41, 5.74) is 2.22. The molecule has 0 atom stereocenters. The van der Waals surface area contributed by atoms with E-state index in [2.05, 4.69) is 5.32 Å². The first-order chi connectivity index (χ1) is 14.9. The van der Waals surface area contributed by atoms with Gasteiger partial charge in [-0.3, -0.25) is 9.59 Å². The maximum atomic E-state index is 13.3. The normalized spacial score (nSPS) is 10.8. The molecule has 1 heterocycles. The summed E-state index contributed by atoms with van der Waals surface area (Å²) < 4.78 is 11.9. The summed E-state index contributed by atoms with van der Waals surface area (Å²) in [6.07, 6.45) is 0. The Bertz CT molecular complexity index is 1310. The molecule has 0 saturated heterocycles. The lowest BCUT2D eigenvalue weighted by molar-refractivity contribution is 0.102. The molecule has 0 aliphatic carbocycles. The van der Waals surface area contributed by atoms with E-state index in [0.717, 1.165) is 5.56 Å². The van der Waals surface area contributed by atoms with Crippen molar-refractivity contribution in [3.05, 3.63) is 104 Å². The lowest BCUT2D eigenvalue weighted by Crippen LogP contribution is -2.16. The smallest absolute Gasteiger partial charge is 0.263 e. The summed E-state index contributed by atoms with van der Waals surface area (Å²) in [5, 5.41) is 3.72. The first kappa shape index (κ1) is 20.7. The van der Waals surface area contributed by atoms with E-state index in [9.17, 15) is 9.59 Å². The maximum Gasteiger partial charge on any atom is 0.263 e. The second kappa shape index (κ2) is 8.66. The number of ether oxygens (including phenoxy) is 1. The molecule has 0 aliphatic rings. The number of carbonyl (C=O) groups is 1. The maximum absolute atomic E-state index is 13.3. The van der Waals surface area contributed by atoms with Crippen molar-refractivity contribution in [2.75, 3.05) is 5.32 Å². The topological polar surface area (TPSA) is 68.5 Å². The molecule has 0 unspecified atom stereocenters. The number of fused-ring (bicyclic) bond motifs is 1. The number of hydrogen-bond donors (Lipinski definition) is 1. The minimum absolute atomic E-state index is 0.170. The Labute approximate surface area is 184 Å². The Morgan fingerprint density at radius 2 is 1.71 bits per heavy atom. The molecule has 1 aromatic heterocycles. The highest BCUT2D eigenvalue weighted by atomic mass is 35.5. The zero-order valence-corrected chi connectivity index (χ0v) is 17.8. The van der Waals surface area contributed by atoms with Gasteiger partial charge in [0.15, 0.2) is 11.0 Å². The summed E-state index contributed by atoms with van der Waals surface area (Å²) in [6, 6.07) is 19.6. The van der Waals surface area contributed by atoms with Crippen LogP contribution in [0.25, 0.3) is 11.0 Å². The number of hydrogen-bond acceptors (Lipinski definition) is 4. The standard InChI is InChI=1S/C25H20ClNO4/c1-15-16(2)31-24-20(23(15)28)12-13-21(30-14-17-6-4-3-5-7-17)22(24)25(29)27-19-10-8-18(26)9-11-19/h3-13H,14H2,1-2H3,(H,27,29). The highest BCUT2D eigenvalue weighted by molar-refractivity contribution is 6.30. The van der Waals surface area contributed by atoms with Gasteiger partial charge in [0.05, 0.1) is 5.39 Å². The molecule has 31 heavy (non-hydrogen) atoms. The van der Waals surface area contributed by atoms with Gasteiger partial charge in [-0.15, -0.1) is 0 Å². The Morgan fingerprint density at radius 3 is 2.42 bits per heavy atom. The number of anilines is 1. The zero-order chi connectivity index (χ0) is 22.0. The zero-order valence-electron chi connectivity index (χ0n) is 17.1. The van der Waals surface area contributed by atoms with Gasteiger partial charge in [0.25, 0.3) is 5.91 Å². The molecule has 0 saturated carbocycles. The van der Waals surface area contributed by atoms with Crippen LogP contribution in [0.2, 0.25) is 5.02 Å². The predicted octanol–water partition coefficient (Wildman–Crippen LogP) is 5.89. The molecular weight excluding hydrogens is 414 g/mol. The largest absolute Gasteiger partial charge is 0.488 e. The highest BCUT2D eigenvalue weighted by Crippen LogP contribution is 2.30. The van der Waals surface area contributed by atoms with Gasteiger partial charge >= 0.3 is 0 Å². The molecular formula is C25H20ClNO4. The van der Waals surface area contributed by atoms with Crippen LogP contribution in [0, 0.1) is 13.8 Å². The molecule has 6 heteroatoms. The van der Waals surface area contributed by atoms with Gasteiger partial charge in [-0.2, -0.15) is 0 Å². The van der Waals surface area contributed by atoms with E-state index in [1.807, 2.05) is 30.3 Å². The summed E-state index contributed by atoms with van der Waals surface area (Å²) in [4.78, 5) is 26.0. The van der Waals surface area contributed by atoms with Crippen molar-refractivity contribution in [1.29, 1.82) is 0 Å². The second-order valence-corrected chi connectivity index (χ2v) is 7.60. The van der Waals surface area contributed by atoms with Crippen LogP contribution in [0.5, 0.6) is 5.75 Å². The van der Waals surface area contributed by atoms with Crippen molar-refractivity contribution in [2.45, 2.75) is 20.5 Å². The fourth-order valence-corrected chi connectivity index (χ4v) is 3.36. The van der Waals surface area contributed by atoms with Crippen LogP contribution in [0.15, 0.2) is 75.9 Å². The van der Waals surface area contributed by atoms with Gasteiger partial charge in [-0.1, -0.05) is 41.9 Å². The lowest BCUT2D eigenvalue weighted by atomic mass is 10.1. The van der Waals surface area contributed by atoms with Crippen molar-refractivity contribution in [3.63, 3.8) is 0 Å². The number of aryl methyl sites for hydroxylation is 1. The third-order valence-corrected chi connectivity index (χ3v) is 5.31. The van der Waals surface area contributed by atoms with Crippen LogP contribution < -0.4 is 15.5 Å². The van der Waals surface area contributed by atoms with Crippen LogP contribution in [-0.2, 0) is 6.61 Å². The molecule has 0 bridgehead atoms. The first-order valence-electron chi connectivity index (χ1n) is 9.74. The second-order valence-electron chi connectivity index (χ2n) is 7.16. The minimum Gasteiger partial charge on any atom is -0.488 e. The monoisotopic (exact) mass is 433 g/mol. The summed E-state index contributed by atoms with van der Waals surface area (Å²) in [7, 11) is 0. The van der Waals surface area contributed by atoms with Crippen molar-refractivity contribution in [1.82, 2.24) is 0 Å². The molecule has 0 aliphatic heterocycles. The van der Waals surface area contributed by atoms with Crippen LogP contribution in [0.1, 0.15) is 27.2 Å². The third-order valence-electron chi connectivity index (χ3n) is 5.05. The molecule has 0 radical (unpaired) electrons. The van der Waals surface area contributed by atoms with E-state index < -0.39 is 5.91 Å². The van der Waals surface area contributed by atoms with Crippen molar-refractivity contribution in [2.24, 2.45) is 0 Å². The van der Waals surface area contributed by atoms with Crippen molar-refractivity contribution in [3.8, 4) is 5.75 Å². The fraction of sp³-hybridized carbons (Fsp3) is 0.120. The summed E-state index contributed by atoms with van der Waals surface area (Å²) in [6.45, 7) is 3.67. The Morgan fingerprint density at radius 1 is 1.00 bits per heavy atom. The van der Waals surface area contributed by atoms with Crippen LogP contribution >= 0.6 is 11.6 Å². The molecule has 0 spiro atoms. The quantitative estimate of drug-likeness (QED) is 0.425. The average Bonchev–Trinajstić information content (AvgIpc) is 2.78. The molecule has 1 amide bonds. The van der Waals surface area contributed by atoms with E-state index >= 15 is 0 Å². The third kappa shape index (κ3) is 4.32. The number of amides is 1. The van der Waals surface area contributed by atoms with Crippen molar-refractivity contribution >= 4 is 34.2 Å². The van der Waals surface area contributed by atoms with E-state index in [1.165, 1.54) is 0 Å². The Hall–Kier alpha value is -3.57.